The number of sulfonamides is 1. The maximum Gasteiger partial charge on any atom is 0.321 e. The number of halogens is 1. The zero-order chi connectivity index (χ0) is 14.2. The van der Waals surface area contributed by atoms with E-state index in [1.807, 2.05) is 0 Å². The Morgan fingerprint density at radius 3 is 2.63 bits per heavy atom. The molecule has 0 aromatic heterocycles. The molecule has 1 aliphatic rings. The SMILES string of the molecule is CNC(=O)N1CCc2cc(Br)c(S(=O)(=O)NC)cc21. The van der Waals surface area contributed by atoms with Crippen molar-refractivity contribution in [2.24, 2.45) is 0 Å². The van der Waals surface area contributed by atoms with Crippen LogP contribution in [0.15, 0.2) is 21.5 Å². The van der Waals surface area contributed by atoms with E-state index in [1.165, 1.54) is 18.0 Å². The highest BCUT2D eigenvalue weighted by atomic mass is 79.9. The smallest absolute Gasteiger partial charge is 0.321 e. The van der Waals surface area contributed by atoms with E-state index >= 15 is 0 Å². The Balaban J connectivity index is 2.56. The number of rotatable bonds is 2. The molecule has 1 aromatic carbocycles. The maximum absolute atomic E-state index is 11.9. The van der Waals surface area contributed by atoms with Crippen LogP contribution in [0.25, 0.3) is 0 Å². The number of carbonyl (C=O) groups is 1. The third-order valence-electron chi connectivity index (χ3n) is 3.05. The van der Waals surface area contributed by atoms with Crippen molar-refractivity contribution < 1.29 is 13.2 Å². The summed E-state index contributed by atoms with van der Waals surface area (Å²) in [5, 5.41) is 2.54. The van der Waals surface area contributed by atoms with E-state index in [-0.39, 0.29) is 10.9 Å². The second-order valence-electron chi connectivity index (χ2n) is 4.08. The van der Waals surface area contributed by atoms with Gasteiger partial charge in [0.25, 0.3) is 0 Å². The molecule has 6 nitrogen and oxygen atoms in total. The monoisotopic (exact) mass is 347 g/mol. The second kappa shape index (κ2) is 5.10. The molecule has 0 unspecified atom stereocenters. The standard InChI is InChI=1S/C11H14BrN3O3S/c1-13-11(16)15-4-3-7-5-8(12)10(6-9(7)15)19(17,18)14-2/h5-6,14H,3-4H2,1-2H3,(H,13,16). The van der Waals surface area contributed by atoms with Crippen molar-refractivity contribution in [1.82, 2.24) is 10.0 Å². The van der Waals surface area contributed by atoms with E-state index in [9.17, 15) is 13.2 Å². The van der Waals surface area contributed by atoms with Crippen molar-refractivity contribution in [1.29, 1.82) is 0 Å². The molecule has 19 heavy (non-hydrogen) atoms. The van der Waals surface area contributed by atoms with Gasteiger partial charge >= 0.3 is 6.03 Å². The quantitative estimate of drug-likeness (QED) is 0.839. The molecule has 1 heterocycles. The topological polar surface area (TPSA) is 78.5 Å². The van der Waals surface area contributed by atoms with Gasteiger partial charge in [-0.2, -0.15) is 0 Å². The van der Waals surface area contributed by atoms with Gasteiger partial charge in [-0.15, -0.1) is 0 Å². The lowest BCUT2D eigenvalue weighted by atomic mass is 10.2. The summed E-state index contributed by atoms with van der Waals surface area (Å²) >= 11 is 3.26. The first-order valence-corrected chi connectivity index (χ1v) is 7.93. The Labute approximate surface area is 120 Å². The van der Waals surface area contributed by atoms with E-state index in [4.69, 9.17) is 0 Å². The predicted molar refractivity (Wildman–Crippen MR) is 75.9 cm³/mol. The van der Waals surface area contributed by atoms with E-state index in [0.717, 1.165) is 5.56 Å². The van der Waals surface area contributed by atoms with Crippen molar-refractivity contribution in [3.8, 4) is 0 Å². The minimum absolute atomic E-state index is 0.129. The van der Waals surface area contributed by atoms with Crippen molar-refractivity contribution in [3.63, 3.8) is 0 Å². The number of nitrogens with zero attached hydrogens (tertiary/aromatic N) is 1. The molecule has 104 valence electrons. The van der Waals surface area contributed by atoms with Gasteiger partial charge in [-0.1, -0.05) is 0 Å². The molecule has 2 amide bonds. The summed E-state index contributed by atoms with van der Waals surface area (Å²) in [5.74, 6) is 0. The van der Waals surface area contributed by atoms with Gasteiger partial charge in [-0.3, -0.25) is 4.90 Å². The molecule has 0 bridgehead atoms. The molecule has 2 rings (SSSR count). The van der Waals surface area contributed by atoms with Gasteiger partial charge in [0.15, 0.2) is 0 Å². The number of nitrogens with one attached hydrogen (secondary N) is 2. The fourth-order valence-electron chi connectivity index (χ4n) is 2.05. The highest BCUT2D eigenvalue weighted by Gasteiger charge is 2.27. The van der Waals surface area contributed by atoms with E-state index < -0.39 is 10.0 Å². The highest BCUT2D eigenvalue weighted by molar-refractivity contribution is 9.10. The fraction of sp³-hybridized carbons (Fsp3) is 0.364. The first kappa shape index (κ1) is 14.3. The number of urea groups is 1. The summed E-state index contributed by atoms with van der Waals surface area (Å²) in [5.41, 5.74) is 1.59. The van der Waals surface area contributed by atoms with Crippen LogP contribution >= 0.6 is 15.9 Å². The van der Waals surface area contributed by atoms with Crippen LogP contribution in [0.2, 0.25) is 0 Å². The molecule has 0 fully saturated rings. The second-order valence-corrected chi connectivity index (χ2v) is 6.78. The van der Waals surface area contributed by atoms with Crippen molar-refractivity contribution in [3.05, 3.63) is 22.2 Å². The molecular formula is C11H14BrN3O3S. The van der Waals surface area contributed by atoms with Gasteiger partial charge in [0, 0.05) is 18.1 Å². The van der Waals surface area contributed by atoms with Crippen LogP contribution in [-0.2, 0) is 16.4 Å². The minimum atomic E-state index is -3.56. The molecule has 1 aromatic rings. The number of hydrogen-bond acceptors (Lipinski definition) is 3. The van der Waals surface area contributed by atoms with Crippen molar-refractivity contribution >= 4 is 37.7 Å². The third kappa shape index (κ3) is 2.47. The van der Waals surface area contributed by atoms with Crippen LogP contribution in [0.1, 0.15) is 5.56 Å². The summed E-state index contributed by atoms with van der Waals surface area (Å²) in [4.78, 5) is 13.4. The van der Waals surface area contributed by atoms with Crippen molar-refractivity contribution in [2.45, 2.75) is 11.3 Å². The average molecular weight is 348 g/mol. The van der Waals surface area contributed by atoms with Gasteiger partial charge in [-0.25, -0.2) is 17.9 Å². The summed E-state index contributed by atoms with van der Waals surface area (Å²) in [6, 6.07) is 3.03. The largest absolute Gasteiger partial charge is 0.341 e. The molecule has 0 spiro atoms. The summed E-state index contributed by atoms with van der Waals surface area (Å²) < 4.78 is 26.6. The van der Waals surface area contributed by atoms with E-state index in [2.05, 4.69) is 26.0 Å². The highest BCUT2D eigenvalue weighted by Crippen LogP contribution is 2.35. The van der Waals surface area contributed by atoms with Gasteiger partial charge in [-0.05, 0) is 47.1 Å². The van der Waals surface area contributed by atoms with Crippen LogP contribution < -0.4 is 14.9 Å². The Morgan fingerprint density at radius 2 is 2.05 bits per heavy atom. The lowest BCUT2D eigenvalue weighted by Gasteiger charge is -2.17. The van der Waals surface area contributed by atoms with Gasteiger partial charge in [0.1, 0.15) is 0 Å². The lowest BCUT2D eigenvalue weighted by molar-refractivity contribution is 0.248. The molecule has 0 aliphatic carbocycles. The van der Waals surface area contributed by atoms with Crippen molar-refractivity contribution in [2.75, 3.05) is 25.5 Å². The normalized spacial score (nSPS) is 14.4. The number of carbonyl (C=O) groups excluding carboxylic acids is 1. The maximum atomic E-state index is 11.9. The predicted octanol–water partition coefficient (Wildman–Crippen LogP) is 1.06. The lowest BCUT2D eigenvalue weighted by Crippen LogP contribution is -2.36. The molecule has 0 saturated heterocycles. The molecule has 0 saturated carbocycles. The number of anilines is 1. The Morgan fingerprint density at radius 1 is 1.37 bits per heavy atom. The third-order valence-corrected chi connectivity index (χ3v) is 5.42. The van der Waals surface area contributed by atoms with Crippen LogP contribution in [-0.4, -0.2) is 35.1 Å². The van der Waals surface area contributed by atoms with E-state index in [0.29, 0.717) is 23.1 Å². The molecule has 0 atom stereocenters. The summed E-state index contributed by atoms with van der Waals surface area (Å²) in [7, 11) is -0.663. The van der Waals surface area contributed by atoms with Crippen LogP contribution in [0.5, 0.6) is 0 Å². The van der Waals surface area contributed by atoms with Crippen LogP contribution in [0.3, 0.4) is 0 Å². The number of benzene rings is 1. The minimum Gasteiger partial charge on any atom is -0.341 e. The summed E-state index contributed by atoms with van der Waals surface area (Å²) in [6.07, 6.45) is 0.710. The van der Waals surface area contributed by atoms with Gasteiger partial charge in [0.05, 0.1) is 10.6 Å². The molecular weight excluding hydrogens is 334 g/mol. The molecule has 0 radical (unpaired) electrons. The Bertz CT molecular complexity index is 630. The Kier molecular flexibility index (Phi) is 3.84. The zero-order valence-corrected chi connectivity index (χ0v) is 12.9. The van der Waals surface area contributed by atoms with E-state index in [1.54, 1.807) is 13.1 Å². The summed E-state index contributed by atoms with van der Waals surface area (Å²) in [6.45, 7) is 0.546. The molecule has 1 aliphatic heterocycles. The fourth-order valence-corrected chi connectivity index (χ4v) is 3.88. The number of fused-ring (bicyclic) bond motifs is 1. The van der Waals surface area contributed by atoms with Crippen LogP contribution in [0, 0.1) is 0 Å². The van der Waals surface area contributed by atoms with Gasteiger partial charge in [0.2, 0.25) is 10.0 Å². The molecule has 8 heteroatoms. The Hall–Kier alpha value is -1.12. The number of amides is 2. The van der Waals surface area contributed by atoms with Crippen LogP contribution in [0.4, 0.5) is 10.5 Å². The molecule has 2 N–H and O–H groups in total. The number of hydrogen-bond donors (Lipinski definition) is 2. The first-order valence-electron chi connectivity index (χ1n) is 5.66. The zero-order valence-electron chi connectivity index (χ0n) is 10.5. The first-order chi connectivity index (χ1) is 8.90. The van der Waals surface area contributed by atoms with Gasteiger partial charge < -0.3 is 5.32 Å². The average Bonchev–Trinajstić information content (AvgIpc) is 2.79.